The van der Waals surface area contributed by atoms with Crippen LogP contribution in [0.5, 0.6) is 0 Å². The first-order valence-corrected chi connectivity index (χ1v) is 15.0. The number of benzene rings is 1. The van der Waals surface area contributed by atoms with E-state index >= 15 is 0 Å². The van der Waals surface area contributed by atoms with Crippen molar-refractivity contribution < 1.29 is 58.3 Å². The molecule has 41 heavy (non-hydrogen) atoms. The van der Waals surface area contributed by atoms with Crippen molar-refractivity contribution in [3.8, 4) is 11.1 Å². The quantitative estimate of drug-likeness (QED) is 0.226. The Morgan fingerprint density at radius 2 is 1.88 bits per heavy atom. The van der Waals surface area contributed by atoms with Gasteiger partial charge in [-0.25, -0.2) is 22.6 Å². The summed E-state index contributed by atoms with van der Waals surface area (Å²) >= 11 is 0. The zero-order valence-corrected chi connectivity index (χ0v) is 27.2. The number of aliphatic hydroxyl groups excluding tert-OH is 2. The van der Waals surface area contributed by atoms with Crippen molar-refractivity contribution in [1.29, 1.82) is 0 Å². The fraction of sp³-hybridized carbons (Fsp3) is 0.379. The van der Waals surface area contributed by atoms with Gasteiger partial charge in [0.2, 0.25) is 0 Å². The van der Waals surface area contributed by atoms with Crippen molar-refractivity contribution in [2.45, 2.75) is 65.2 Å². The standard InChI is InChI=1S/C29H37FN4O5S.Na/c1-7-33-25(14-15-31-33)34(40(5,6)39)29-19(4)27(20-8-10-21(30)11-9-20)24(28(32-29)18(2)3)13-12-22(35)16-23(36)17-26(37)38;/h8-15,18,22-23,35-36H,5,7,16-17H2,1-4,6H3,(H,37,38);/q;+1/p-1/b13-12+;/t22-,23-,40?;/m1./s1. The maximum Gasteiger partial charge on any atom is 1.00 e. The molecule has 0 spiro atoms. The summed E-state index contributed by atoms with van der Waals surface area (Å²) in [5, 5.41) is 35.6. The molecule has 0 radical (unpaired) electrons. The summed E-state index contributed by atoms with van der Waals surface area (Å²) in [4.78, 5) is 15.8. The van der Waals surface area contributed by atoms with E-state index in [1.54, 1.807) is 39.5 Å². The number of carboxylic acids is 1. The molecule has 1 unspecified atom stereocenters. The Balaban J connectivity index is 0.00000588. The Hall–Kier alpha value is -2.54. The van der Waals surface area contributed by atoms with E-state index in [-0.39, 0.29) is 41.9 Å². The molecule has 2 N–H and O–H groups in total. The van der Waals surface area contributed by atoms with E-state index in [1.165, 1.54) is 24.5 Å². The molecule has 3 rings (SSSR count). The molecule has 0 aliphatic heterocycles. The minimum absolute atomic E-state index is 0. The summed E-state index contributed by atoms with van der Waals surface area (Å²) in [6.07, 6.45) is 3.04. The fourth-order valence-electron chi connectivity index (χ4n) is 4.57. The van der Waals surface area contributed by atoms with E-state index in [0.29, 0.717) is 46.1 Å². The Labute approximate surface area is 263 Å². The number of anilines is 2. The molecule has 216 valence electrons. The van der Waals surface area contributed by atoms with Gasteiger partial charge in [-0.1, -0.05) is 38.1 Å². The summed E-state index contributed by atoms with van der Waals surface area (Å²) in [6, 6.07) is 7.70. The number of carbonyl (C=O) groups is 1. The molecule has 0 fully saturated rings. The number of aromatic nitrogens is 3. The van der Waals surface area contributed by atoms with E-state index in [4.69, 9.17) is 4.98 Å². The monoisotopic (exact) mass is 594 g/mol. The molecule has 2 heterocycles. The average Bonchev–Trinajstić information content (AvgIpc) is 3.31. The van der Waals surface area contributed by atoms with Gasteiger partial charge in [-0.05, 0) is 48.9 Å². The number of aryl methyl sites for hydroxylation is 1. The van der Waals surface area contributed by atoms with Gasteiger partial charge in [-0.15, -0.1) is 0 Å². The Kier molecular flexibility index (Phi) is 12.3. The van der Waals surface area contributed by atoms with Crippen molar-refractivity contribution in [2.24, 2.45) is 0 Å². The molecule has 0 saturated heterocycles. The molecular formula is C29H36FN4NaO5S. The van der Waals surface area contributed by atoms with Crippen molar-refractivity contribution in [1.82, 2.24) is 14.8 Å². The van der Waals surface area contributed by atoms with Crippen LogP contribution >= 0.6 is 0 Å². The van der Waals surface area contributed by atoms with Crippen LogP contribution in [0.4, 0.5) is 16.0 Å². The Bertz CT molecular complexity index is 1490. The second-order valence-corrected chi connectivity index (χ2v) is 12.3. The summed E-state index contributed by atoms with van der Waals surface area (Å²) < 4.78 is 30.8. The van der Waals surface area contributed by atoms with Crippen LogP contribution in [-0.4, -0.2) is 59.5 Å². The zero-order valence-electron chi connectivity index (χ0n) is 24.4. The number of aliphatic hydroxyl groups is 2. The van der Waals surface area contributed by atoms with E-state index in [0.717, 1.165) is 0 Å². The predicted octanol–water partition coefficient (Wildman–Crippen LogP) is 0.204. The van der Waals surface area contributed by atoms with Gasteiger partial charge in [0.25, 0.3) is 0 Å². The summed E-state index contributed by atoms with van der Waals surface area (Å²) in [5.74, 6) is 2.96. The third-order valence-corrected chi connectivity index (χ3v) is 7.48. The van der Waals surface area contributed by atoms with Crippen LogP contribution in [-0.2, 0) is 21.0 Å². The zero-order chi connectivity index (χ0) is 29.8. The number of pyridine rings is 1. The van der Waals surface area contributed by atoms with Crippen LogP contribution in [0.25, 0.3) is 17.2 Å². The van der Waals surface area contributed by atoms with E-state index < -0.39 is 40.1 Å². The summed E-state index contributed by atoms with van der Waals surface area (Å²) in [6.45, 7) is 8.16. The maximum atomic E-state index is 13.9. The van der Waals surface area contributed by atoms with Gasteiger partial charge in [0.05, 0.1) is 33.8 Å². The van der Waals surface area contributed by atoms with Crippen LogP contribution in [0.3, 0.4) is 0 Å². The minimum atomic E-state index is -2.90. The number of nitrogens with zero attached hydrogens (tertiary/aromatic N) is 4. The molecular weight excluding hydrogens is 558 g/mol. The number of hydrogen-bond donors (Lipinski definition) is 2. The molecule has 0 saturated carbocycles. The molecule has 0 aliphatic rings. The topological polar surface area (TPSA) is 132 Å². The number of carbonyl (C=O) groups excluding carboxylic acids is 1. The average molecular weight is 595 g/mol. The number of hydrogen-bond acceptors (Lipinski definition) is 7. The third kappa shape index (κ3) is 8.50. The minimum Gasteiger partial charge on any atom is -0.550 e. The van der Waals surface area contributed by atoms with Gasteiger partial charge >= 0.3 is 29.6 Å². The van der Waals surface area contributed by atoms with Crippen LogP contribution in [0.15, 0.2) is 42.6 Å². The van der Waals surface area contributed by atoms with Crippen molar-refractivity contribution >= 4 is 39.3 Å². The molecule has 0 aliphatic carbocycles. The summed E-state index contributed by atoms with van der Waals surface area (Å²) in [5.41, 5.74) is 3.26. The molecule has 9 nitrogen and oxygen atoms in total. The smallest absolute Gasteiger partial charge is 0.550 e. The molecule has 1 aromatic carbocycles. The van der Waals surface area contributed by atoms with Crippen molar-refractivity contribution in [2.75, 3.05) is 10.6 Å². The maximum absolute atomic E-state index is 13.9. The molecule has 3 aromatic rings. The SMILES string of the molecule is C=S(C)(=O)N(c1nc(C(C)C)c(/C=C/[C@@H](O)C[C@@H](O)CC(=O)[O-])c(-c2ccc(F)cc2)c1C)c1ccnn1CC.[Na+]. The van der Waals surface area contributed by atoms with Crippen LogP contribution < -0.4 is 39.0 Å². The van der Waals surface area contributed by atoms with Crippen molar-refractivity contribution in [3.05, 3.63) is 65.2 Å². The number of halogens is 1. The second-order valence-electron chi connectivity index (χ2n) is 10.0. The number of rotatable bonds is 12. The van der Waals surface area contributed by atoms with Crippen molar-refractivity contribution in [3.63, 3.8) is 0 Å². The predicted molar refractivity (Wildman–Crippen MR) is 155 cm³/mol. The van der Waals surface area contributed by atoms with Gasteiger partial charge in [-0.2, -0.15) is 5.10 Å². The molecule has 3 atom stereocenters. The summed E-state index contributed by atoms with van der Waals surface area (Å²) in [7, 11) is -2.90. The van der Waals surface area contributed by atoms with Crippen LogP contribution in [0.2, 0.25) is 0 Å². The van der Waals surface area contributed by atoms with Gasteiger partial charge in [0.1, 0.15) is 17.5 Å². The Morgan fingerprint density at radius 1 is 1.24 bits per heavy atom. The van der Waals surface area contributed by atoms with Gasteiger partial charge in [0.15, 0.2) is 0 Å². The first-order valence-electron chi connectivity index (χ1n) is 12.9. The Morgan fingerprint density at radius 3 is 2.41 bits per heavy atom. The molecule has 2 aromatic heterocycles. The number of aliphatic carboxylic acids is 1. The molecule has 0 bridgehead atoms. The fourth-order valence-corrected chi connectivity index (χ4v) is 5.66. The third-order valence-electron chi connectivity index (χ3n) is 6.34. The normalized spacial score (nSPS) is 14.5. The molecule has 12 heteroatoms. The van der Waals surface area contributed by atoms with Gasteiger partial charge in [0, 0.05) is 48.8 Å². The first kappa shape index (κ1) is 34.7. The number of carboxylic acid groups (broad SMARTS) is 1. The van der Waals surface area contributed by atoms with Crippen LogP contribution in [0.1, 0.15) is 56.4 Å². The van der Waals surface area contributed by atoms with Gasteiger partial charge in [-0.3, -0.25) is 0 Å². The van der Waals surface area contributed by atoms with E-state index in [9.17, 15) is 28.7 Å². The second kappa shape index (κ2) is 14.6. The van der Waals surface area contributed by atoms with Crippen LogP contribution in [0, 0.1) is 12.7 Å². The van der Waals surface area contributed by atoms with E-state index in [1.807, 2.05) is 27.7 Å². The van der Waals surface area contributed by atoms with Gasteiger partial charge < -0.3 is 20.1 Å². The van der Waals surface area contributed by atoms with E-state index in [2.05, 4.69) is 11.0 Å². The largest absolute Gasteiger partial charge is 1.00 e. The molecule has 0 amide bonds. The first-order chi connectivity index (χ1) is 18.7.